The number of amides is 2. The van der Waals surface area contributed by atoms with Crippen LogP contribution in [0.4, 0.5) is 4.79 Å². The first-order valence-electron chi connectivity index (χ1n) is 8.29. The van der Waals surface area contributed by atoms with Gasteiger partial charge in [-0.1, -0.05) is 34.5 Å². The zero-order valence-corrected chi connectivity index (χ0v) is 15.2. The van der Waals surface area contributed by atoms with Crippen LogP contribution in [0.3, 0.4) is 0 Å². The third-order valence-electron chi connectivity index (χ3n) is 4.50. The number of ether oxygens (including phenoxy) is 1. The highest BCUT2D eigenvalue weighted by molar-refractivity contribution is 9.10. The number of benzene rings is 1. The molecule has 0 radical (unpaired) electrons. The number of rotatable bonds is 3. The Morgan fingerprint density at radius 2 is 2.00 bits per heavy atom. The zero-order chi connectivity index (χ0) is 17.1. The number of carbonyl (C=O) groups is 2. The lowest BCUT2D eigenvalue weighted by Gasteiger charge is -2.30. The van der Waals surface area contributed by atoms with Crippen molar-refractivity contribution < 1.29 is 14.3 Å². The number of halogens is 1. The molecule has 6 heteroatoms. The van der Waals surface area contributed by atoms with Gasteiger partial charge in [0.25, 0.3) is 0 Å². The predicted octanol–water partition coefficient (Wildman–Crippen LogP) is 3.95. The van der Waals surface area contributed by atoms with Crippen molar-refractivity contribution in [1.29, 1.82) is 0 Å². The molecule has 2 amide bonds. The summed E-state index contributed by atoms with van der Waals surface area (Å²) >= 11 is 3.44. The van der Waals surface area contributed by atoms with Gasteiger partial charge in [0.15, 0.2) is 0 Å². The monoisotopic (exact) mass is 392 g/mol. The lowest BCUT2D eigenvalue weighted by Crippen LogP contribution is -2.45. The molecule has 0 spiro atoms. The van der Waals surface area contributed by atoms with Gasteiger partial charge in [0.2, 0.25) is 0 Å². The Labute approximate surface area is 150 Å². The van der Waals surface area contributed by atoms with E-state index in [-0.39, 0.29) is 18.1 Å². The van der Waals surface area contributed by atoms with Gasteiger partial charge in [-0.3, -0.25) is 0 Å². The number of carbonyl (C=O) groups excluding carboxylic acids is 2. The summed E-state index contributed by atoms with van der Waals surface area (Å²) in [5, 5.41) is 5.51. The Kier molecular flexibility index (Phi) is 5.23. The highest BCUT2D eigenvalue weighted by Crippen LogP contribution is 2.30. The number of allylic oxidation sites excluding steroid dienone is 1. The molecule has 0 aromatic heterocycles. The maximum absolute atomic E-state index is 12.8. The second kappa shape index (κ2) is 7.38. The number of hydrogen-bond donors (Lipinski definition) is 2. The van der Waals surface area contributed by atoms with Crippen LogP contribution in [0.2, 0.25) is 0 Å². The van der Waals surface area contributed by atoms with Gasteiger partial charge in [-0.15, -0.1) is 0 Å². The number of esters is 1. The fourth-order valence-corrected chi connectivity index (χ4v) is 3.72. The van der Waals surface area contributed by atoms with Crippen molar-refractivity contribution in [3.8, 4) is 0 Å². The average Bonchev–Trinajstić information content (AvgIpc) is 2.55. The molecule has 1 fully saturated rings. The van der Waals surface area contributed by atoms with Crippen LogP contribution in [-0.4, -0.2) is 18.1 Å². The van der Waals surface area contributed by atoms with Gasteiger partial charge < -0.3 is 15.4 Å². The zero-order valence-electron chi connectivity index (χ0n) is 13.6. The molecule has 1 heterocycles. The standard InChI is InChI=1S/C18H21BrN2O3/c1-11-15(17(22)24-14-8-3-2-4-9-14)16(21-18(23)20-11)12-6-5-7-13(19)10-12/h5-7,10,14,16H,2-4,8-9H2,1H3,(H2,20,21,23)/t16-/m0/s1. The molecule has 1 aliphatic carbocycles. The molecule has 1 atom stereocenters. The van der Waals surface area contributed by atoms with E-state index in [1.54, 1.807) is 6.92 Å². The molecule has 24 heavy (non-hydrogen) atoms. The van der Waals surface area contributed by atoms with Crippen molar-refractivity contribution in [2.45, 2.75) is 51.2 Å². The van der Waals surface area contributed by atoms with Crippen molar-refractivity contribution in [2.75, 3.05) is 0 Å². The van der Waals surface area contributed by atoms with Crippen molar-refractivity contribution in [3.05, 3.63) is 45.6 Å². The van der Waals surface area contributed by atoms with E-state index in [0.717, 1.165) is 35.7 Å². The van der Waals surface area contributed by atoms with Crippen LogP contribution in [0.15, 0.2) is 40.0 Å². The second-order valence-corrected chi connectivity index (χ2v) is 7.21. The first-order valence-corrected chi connectivity index (χ1v) is 9.08. The summed E-state index contributed by atoms with van der Waals surface area (Å²) in [5.74, 6) is -0.350. The van der Waals surface area contributed by atoms with Crippen LogP contribution in [0, 0.1) is 0 Å². The summed E-state index contributed by atoms with van der Waals surface area (Å²) in [4.78, 5) is 24.6. The molecular formula is C18H21BrN2O3. The molecule has 3 rings (SSSR count). The molecule has 128 valence electrons. The second-order valence-electron chi connectivity index (χ2n) is 6.29. The van der Waals surface area contributed by atoms with E-state index in [1.165, 1.54) is 6.42 Å². The third kappa shape index (κ3) is 3.80. The van der Waals surface area contributed by atoms with E-state index in [0.29, 0.717) is 11.3 Å². The largest absolute Gasteiger partial charge is 0.459 e. The Balaban J connectivity index is 1.87. The molecule has 0 saturated heterocycles. The maximum atomic E-state index is 12.8. The van der Waals surface area contributed by atoms with Gasteiger partial charge in [0, 0.05) is 10.2 Å². The van der Waals surface area contributed by atoms with E-state index >= 15 is 0 Å². The minimum Gasteiger partial charge on any atom is -0.459 e. The van der Waals surface area contributed by atoms with Crippen LogP contribution in [0.25, 0.3) is 0 Å². The average molecular weight is 393 g/mol. The summed E-state index contributed by atoms with van der Waals surface area (Å²) < 4.78 is 6.61. The van der Waals surface area contributed by atoms with Crippen LogP contribution < -0.4 is 10.6 Å². The van der Waals surface area contributed by atoms with Crippen molar-refractivity contribution in [3.63, 3.8) is 0 Å². The normalized spacial score (nSPS) is 21.9. The van der Waals surface area contributed by atoms with Gasteiger partial charge in [-0.25, -0.2) is 9.59 Å². The fourth-order valence-electron chi connectivity index (χ4n) is 3.30. The van der Waals surface area contributed by atoms with E-state index in [1.807, 2.05) is 24.3 Å². The Morgan fingerprint density at radius 3 is 2.71 bits per heavy atom. The first kappa shape index (κ1) is 17.0. The highest BCUT2D eigenvalue weighted by atomic mass is 79.9. The molecule has 1 saturated carbocycles. The first-order chi connectivity index (χ1) is 11.5. The van der Waals surface area contributed by atoms with Crippen molar-refractivity contribution in [2.24, 2.45) is 0 Å². The molecular weight excluding hydrogens is 372 g/mol. The van der Waals surface area contributed by atoms with Crippen LogP contribution >= 0.6 is 15.9 Å². The van der Waals surface area contributed by atoms with Gasteiger partial charge in [0.1, 0.15) is 6.10 Å². The molecule has 0 bridgehead atoms. The maximum Gasteiger partial charge on any atom is 0.338 e. The van der Waals surface area contributed by atoms with Gasteiger partial charge in [-0.05, 0) is 50.3 Å². The Bertz CT molecular complexity index is 681. The van der Waals surface area contributed by atoms with Gasteiger partial charge >= 0.3 is 12.0 Å². The highest BCUT2D eigenvalue weighted by Gasteiger charge is 2.33. The Hall–Kier alpha value is -1.82. The molecule has 1 aromatic carbocycles. The minimum absolute atomic E-state index is 0.0210. The van der Waals surface area contributed by atoms with Crippen LogP contribution in [0.5, 0.6) is 0 Å². The summed E-state index contributed by atoms with van der Waals surface area (Å²) in [6, 6.07) is 6.76. The number of hydrogen-bond acceptors (Lipinski definition) is 3. The molecule has 0 unspecified atom stereocenters. The van der Waals surface area contributed by atoms with E-state index in [2.05, 4.69) is 26.6 Å². The van der Waals surface area contributed by atoms with Crippen molar-refractivity contribution in [1.82, 2.24) is 10.6 Å². The summed E-state index contributed by atoms with van der Waals surface area (Å²) in [6.07, 6.45) is 5.21. The van der Waals surface area contributed by atoms with Crippen LogP contribution in [-0.2, 0) is 9.53 Å². The smallest absolute Gasteiger partial charge is 0.338 e. The number of nitrogens with one attached hydrogen (secondary N) is 2. The van der Waals surface area contributed by atoms with E-state index in [9.17, 15) is 9.59 Å². The van der Waals surface area contributed by atoms with Crippen LogP contribution in [0.1, 0.15) is 50.6 Å². The summed E-state index contributed by atoms with van der Waals surface area (Å²) in [5.41, 5.74) is 1.86. The SMILES string of the molecule is CC1=C(C(=O)OC2CCCCC2)[C@H](c2cccc(Br)c2)NC(=O)N1. The van der Waals surface area contributed by atoms with E-state index in [4.69, 9.17) is 4.74 Å². The van der Waals surface area contributed by atoms with Crippen molar-refractivity contribution >= 4 is 27.9 Å². The quantitative estimate of drug-likeness (QED) is 0.765. The Morgan fingerprint density at radius 1 is 1.25 bits per heavy atom. The molecule has 2 aliphatic rings. The van der Waals surface area contributed by atoms with Gasteiger partial charge in [-0.2, -0.15) is 0 Å². The molecule has 1 aromatic rings. The lowest BCUT2D eigenvalue weighted by molar-refractivity contribution is -0.146. The molecule has 1 aliphatic heterocycles. The van der Waals surface area contributed by atoms with Gasteiger partial charge in [0.05, 0.1) is 11.6 Å². The minimum atomic E-state index is -0.507. The number of urea groups is 1. The van der Waals surface area contributed by atoms with E-state index < -0.39 is 6.04 Å². The lowest BCUT2D eigenvalue weighted by atomic mass is 9.95. The topological polar surface area (TPSA) is 67.4 Å². The summed E-state index contributed by atoms with van der Waals surface area (Å²) in [7, 11) is 0. The predicted molar refractivity (Wildman–Crippen MR) is 94.2 cm³/mol. The molecule has 2 N–H and O–H groups in total. The third-order valence-corrected chi connectivity index (χ3v) is 4.99. The fraction of sp³-hybridized carbons (Fsp3) is 0.444. The summed E-state index contributed by atoms with van der Waals surface area (Å²) in [6.45, 7) is 1.74. The molecule has 5 nitrogen and oxygen atoms in total.